The molecule has 0 unspecified atom stereocenters. The number of hydrogen-bond donors (Lipinski definition) is 1. The molecule has 5 heteroatoms. The largest absolute Gasteiger partial charge is 0.463 e. The van der Waals surface area contributed by atoms with E-state index >= 15 is 0 Å². The number of nitrogens with zero attached hydrogens (tertiary/aromatic N) is 2. The van der Waals surface area contributed by atoms with Crippen LogP contribution in [0, 0.1) is 5.82 Å². The minimum atomic E-state index is -0.211. The number of nitrogens with one attached hydrogen (secondary N) is 1. The Morgan fingerprint density at radius 3 is 2.67 bits per heavy atom. The number of rotatable bonds is 1. The van der Waals surface area contributed by atoms with Crippen LogP contribution in [0.15, 0.2) is 53.5 Å². The average Bonchev–Trinajstić information content (AvgIpc) is 3.11. The Morgan fingerprint density at radius 1 is 1.07 bits per heavy atom. The highest BCUT2D eigenvalue weighted by Gasteiger charge is 2.42. The summed E-state index contributed by atoms with van der Waals surface area (Å²) in [5.41, 5.74) is 3.59. The lowest BCUT2D eigenvalue weighted by molar-refractivity contribution is 0.183. The Bertz CT molecular complexity index is 858. The maximum Gasteiger partial charge on any atom is 0.288 e. The van der Waals surface area contributed by atoms with Crippen LogP contribution < -0.4 is 5.32 Å². The Hall–Kier alpha value is -2.40. The second-order valence-corrected chi connectivity index (χ2v) is 7.75. The molecule has 27 heavy (non-hydrogen) atoms. The molecule has 1 saturated heterocycles. The predicted molar refractivity (Wildman–Crippen MR) is 103 cm³/mol. The van der Waals surface area contributed by atoms with Gasteiger partial charge in [-0.1, -0.05) is 36.4 Å². The van der Waals surface area contributed by atoms with Crippen LogP contribution in [-0.2, 0) is 11.2 Å². The summed E-state index contributed by atoms with van der Waals surface area (Å²) >= 11 is 0. The van der Waals surface area contributed by atoms with Gasteiger partial charge in [0, 0.05) is 6.54 Å². The van der Waals surface area contributed by atoms with E-state index in [0.717, 1.165) is 50.5 Å². The summed E-state index contributed by atoms with van der Waals surface area (Å²) in [7, 11) is 0. The molecule has 2 aromatic rings. The number of fused-ring (bicyclic) bond motifs is 1. The molecule has 1 spiro atoms. The first-order valence-electron chi connectivity index (χ1n) is 9.77. The van der Waals surface area contributed by atoms with Gasteiger partial charge >= 0.3 is 0 Å². The molecule has 1 fully saturated rings. The van der Waals surface area contributed by atoms with Gasteiger partial charge < -0.3 is 15.0 Å². The number of halogens is 1. The molecule has 3 heterocycles. The van der Waals surface area contributed by atoms with Gasteiger partial charge in [-0.25, -0.2) is 9.38 Å². The third kappa shape index (κ3) is 3.00. The zero-order valence-electron chi connectivity index (χ0n) is 15.3. The van der Waals surface area contributed by atoms with Crippen molar-refractivity contribution in [2.24, 2.45) is 4.99 Å². The fraction of sp³-hybridized carbons (Fsp3) is 0.409. The highest BCUT2D eigenvalue weighted by Crippen LogP contribution is 2.38. The minimum Gasteiger partial charge on any atom is -0.463 e. The third-order valence-corrected chi connectivity index (χ3v) is 6.05. The van der Waals surface area contributed by atoms with Crippen LogP contribution in [0.2, 0.25) is 0 Å². The number of aliphatic imine (C=N–C) groups is 1. The molecule has 140 valence electrons. The lowest BCUT2D eigenvalue weighted by atomic mass is 9.88. The minimum absolute atomic E-state index is 0.00571. The Labute approximate surface area is 159 Å². The van der Waals surface area contributed by atoms with Crippen molar-refractivity contribution in [1.29, 1.82) is 0 Å². The predicted octanol–water partition coefficient (Wildman–Crippen LogP) is 3.28. The molecule has 2 aromatic carbocycles. The maximum absolute atomic E-state index is 13.5. The molecule has 1 N–H and O–H groups in total. The van der Waals surface area contributed by atoms with Crippen molar-refractivity contribution in [2.75, 3.05) is 26.2 Å². The number of hydrogen-bond acceptors (Lipinski definition) is 4. The molecule has 0 aromatic heterocycles. The second kappa shape index (κ2) is 6.64. The van der Waals surface area contributed by atoms with Crippen LogP contribution in [0.25, 0.3) is 0 Å². The van der Waals surface area contributed by atoms with Crippen LogP contribution in [0.1, 0.15) is 35.6 Å². The van der Waals surface area contributed by atoms with Gasteiger partial charge in [0.05, 0.1) is 6.04 Å². The zero-order valence-corrected chi connectivity index (χ0v) is 15.3. The summed E-state index contributed by atoms with van der Waals surface area (Å²) in [4.78, 5) is 7.35. The van der Waals surface area contributed by atoms with Crippen molar-refractivity contribution < 1.29 is 9.13 Å². The lowest BCUT2D eigenvalue weighted by Gasteiger charge is -2.38. The van der Waals surface area contributed by atoms with Crippen LogP contribution in [-0.4, -0.2) is 42.7 Å². The second-order valence-electron chi connectivity index (χ2n) is 7.75. The zero-order chi connectivity index (χ0) is 18.3. The normalized spacial score (nSPS) is 23.7. The number of benzene rings is 2. The van der Waals surface area contributed by atoms with Gasteiger partial charge in [-0.3, -0.25) is 0 Å². The quantitative estimate of drug-likeness (QED) is 0.843. The first-order valence-corrected chi connectivity index (χ1v) is 9.77. The summed E-state index contributed by atoms with van der Waals surface area (Å²) in [6.07, 6.45) is 3.00. The Morgan fingerprint density at radius 2 is 1.85 bits per heavy atom. The molecule has 0 bridgehead atoms. The molecule has 0 aliphatic carbocycles. The lowest BCUT2D eigenvalue weighted by Crippen LogP contribution is -2.41. The van der Waals surface area contributed by atoms with Gasteiger partial charge in [0.1, 0.15) is 18.0 Å². The van der Waals surface area contributed by atoms with Crippen molar-refractivity contribution in [2.45, 2.75) is 30.8 Å². The standard InChI is InChI=1S/C22H24FN3O/c23-18-7-5-17(6-8-18)20-19-4-2-1-3-16(19)9-14-26(20)21-25-22(15-27-21)10-12-24-13-11-22/h1-8,20,24H,9-15H2/t20-/m0/s1. The monoisotopic (exact) mass is 365 g/mol. The first kappa shape index (κ1) is 16.8. The molecule has 1 atom stereocenters. The van der Waals surface area contributed by atoms with Gasteiger partial charge in [0.25, 0.3) is 6.02 Å². The van der Waals surface area contributed by atoms with Crippen LogP contribution in [0.5, 0.6) is 0 Å². The number of amidine groups is 1. The van der Waals surface area contributed by atoms with E-state index in [9.17, 15) is 4.39 Å². The number of ether oxygens (including phenoxy) is 1. The van der Waals surface area contributed by atoms with Crippen LogP contribution in [0.4, 0.5) is 4.39 Å². The van der Waals surface area contributed by atoms with Crippen molar-refractivity contribution in [3.05, 3.63) is 71.0 Å². The van der Waals surface area contributed by atoms with Crippen molar-refractivity contribution in [3.63, 3.8) is 0 Å². The summed E-state index contributed by atoms with van der Waals surface area (Å²) in [5, 5.41) is 3.41. The number of piperidine rings is 1. The van der Waals surface area contributed by atoms with Gasteiger partial charge in [-0.2, -0.15) is 0 Å². The molecular weight excluding hydrogens is 341 g/mol. The van der Waals surface area contributed by atoms with E-state index in [0.29, 0.717) is 6.61 Å². The first-order chi connectivity index (χ1) is 13.2. The van der Waals surface area contributed by atoms with Crippen LogP contribution >= 0.6 is 0 Å². The molecule has 0 saturated carbocycles. The summed E-state index contributed by atoms with van der Waals surface area (Å²) in [5.74, 6) is -0.211. The molecule has 4 nitrogen and oxygen atoms in total. The highest BCUT2D eigenvalue weighted by atomic mass is 19.1. The molecule has 3 aliphatic rings. The summed E-state index contributed by atoms with van der Waals surface area (Å²) < 4.78 is 19.7. The Balaban J connectivity index is 1.55. The molecule has 0 amide bonds. The molecule has 0 radical (unpaired) electrons. The van der Waals surface area contributed by atoms with E-state index in [2.05, 4.69) is 34.5 Å². The van der Waals surface area contributed by atoms with Gasteiger partial charge in [0.2, 0.25) is 0 Å². The SMILES string of the molecule is Fc1ccc([C@H]2c3ccccc3CCN2C2=NC3(CCNCC3)CO2)cc1. The fourth-order valence-electron chi connectivity index (χ4n) is 4.54. The smallest absolute Gasteiger partial charge is 0.288 e. The van der Waals surface area contributed by atoms with Gasteiger partial charge in [-0.15, -0.1) is 0 Å². The Kier molecular flexibility index (Phi) is 4.12. The van der Waals surface area contributed by atoms with E-state index in [4.69, 9.17) is 9.73 Å². The van der Waals surface area contributed by atoms with E-state index < -0.39 is 0 Å². The van der Waals surface area contributed by atoms with Crippen LogP contribution in [0.3, 0.4) is 0 Å². The molecule has 5 rings (SSSR count). The van der Waals surface area contributed by atoms with Crippen molar-refractivity contribution in [3.8, 4) is 0 Å². The van der Waals surface area contributed by atoms with Gasteiger partial charge in [-0.05, 0) is 61.2 Å². The third-order valence-electron chi connectivity index (χ3n) is 6.05. The maximum atomic E-state index is 13.5. The fourth-order valence-corrected chi connectivity index (χ4v) is 4.54. The van der Waals surface area contributed by atoms with E-state index in [1.807, 2.05) is 12.1 Å². The van der Waals surface area contributed by atoms with E-state index in [-0.39, 0.29) is 17.4 Å². The highest BCUT2D eigenvalue weighted by molar-refractivity contribution is 5.78. The van der Waals surface area contributed by atoms with Gasteiger partial charge in [0.15, 0.2) is 0 Å². The summed E-state index contributed by atoms with van der Waals surface area (Å²) in [6.45, 7) is 3.50. The topological polar surface area (TPSA) is 36.9 Å². The molecule has 3 aliphatic heterocycles. The van der Waals surface area contributed by atoms with E-state index in [1.54, 1.807) is 0 Å². The average molecular weight is 365 g/mol. The van der Waals surface area contributed by atoms with E-state index in [1.165, 1.54) is 23.3 Å². The summed E-state index contributed by atoms with van der Waals surface area (Å²) in [6, 6.07) is 16.1. The van der Waals surface area contributed by atoms with Crippen molar-refractivity contribution >= 4 is 6.02 Å². The van der Waals surface area contributed by atoms with Crippen molar-refractivity contribution in [1.82, 2.24) is 10.2 Å². The molecular formula is C22H24FN3O.